The zero-order valence-electron chi connectivity index (χ0n) is 11.6. The van der Waals surface area contributed by atoms with Gasteiger partial charge in [0.05, 0.1) is 14.2 Å². The number of hydrogen-bond donors (Lipinski definition) is 0. The molecule has 0 N–H and O–H groups in total. The van der Waals surface area contributed by atoms with Crippen molar-refractivity contribution in [3.05, 3.63) is 0 Å². The molecule has 0 saturated carbocycles. The number of hydrogen-bond acceptors (Lipinski definition) is 6. The van der Waals surface area contributed by atoms with Crippen molar-refractivity contribution >= 4 is 16.5 Å². The summed E-state index contributed by atoms with van der Waals surface area (Å²) in [6.45, 7) is 5.14. The topological polar surface area (TPSA) is 71.1 Å². The van der Waals surface area contributed by atoms with Gasteiger partial charge < -0.3 is 0 Å². The molecule has 0 aliphatic carbocycles. The Hall–Kier alpha value is 0.0400. The van der Waals surface area contributed by atoms with Gasteiger partial charge in [0.2, 0.25) is 0 Å². The van der Waals surface area contributed by atoms with Crippen LogP contribution in [0.15, 0.2) is 0 Å². The first-order valence-electron chi connectivity index (χ1n) is 5.90. The van der Waals surface area contributed by atoms with E-state index in [2.05, 4.69) is 9.05 Å². The highest BCUT2D eigenvalue weighted by Gasteiger charge is 2.15. The molecule has 0 aliphatic rings. The summed E-state index contributed by atoms with van der Waals surface area (Å²) in [5, 5.41) is 0. The largest absolute Gasteiger partial charge is 0.697 e. The summed E-state index contributed by atoms with van der Waals surface area (Å²) in [7, 11) is -0.948. The van der Waals surface area contributed by atoms with Crippen molar-refractivity contribution in [2.24, 2.45) is 0 Å². The zero-order chi connectivity index (χ0) is 14.2. The van der Waals surface area contributed by atoms with E-state index in [4.69, 9.17) is 9.05 Å². The molecule has 2 atom stereocenters. The molecule has 0 aliphatic heterocycles. The van der Waals surface area contributed by atoms with Crippen LogP contribution in [0.2, 0.25) is 0 Å². The van der Waals surface area contributed by atoms with Crippen LogP contribution in [-0.2, 0) is 27.2 Å². The third kappa shape index (κ3) is 18.4. The Kier molecular flexibility index (Phi) is 19.3. The van der Waals surface area contributed by atoms with Crippen LogP contribution in [0.1, 0.15) is 39.5 Å². The molecule has 0 amide bonds. The van der Waals surface area contributed by atoms with Crippen LogP contribution in [-0.4, -0.2) is 27.4 Å². The maximum Gasteiger partial charge on any atom is 0.697 e. The van der Waals surface area contributed by atoms with Gasteiger partial charge in [0.15, 0.2) is 0 Å². The summed E-state index contributed by atoms with van der Waals surface area (Å²) in [6.07, 6.45) is 3.97. The van der Waals surface area contributed by atoms with E-state index in [-0.39, 0.29) is 0 Å². The van der Waals surface area contributed by atoms with Crippen LogP contribution < -0.4 is 0 Å². The van der Waals surface area contributed by atoms with Gasteiger partial charge in [-0.1, -0.05) is 26.7 Å². The molecule has 2 unspecified atom stereocenters. The van der Waals surface area contributed by atoms with Gasteiger partial charge in [0, 0.05) is 9.13 Å². The molecule has 0 radical (unpaired) electrons. The Bertz CT molecular complexity index is 191. The first kappa shape index (κ1) is 20.4. The molecule has 18 heavy (non-hydrogen) atoms. The second-order valence-electron chi connectivity index (χ2n) is 3.19. The minimum Gasteiger partial charge on any atom is -0.122 e. The fraction of sp³-hybridized carbons (Fsp3) is 1.00. The fourth-order valence-corrected chi connectivity index (χ4v) is 1.44. The third-order valence-corrected chi connectivity index (χ3v) is 3.07. The van der Waals surface area contributed by atoms with Crippen LogP contribution in [0.3, 0.4) is 0 Å². The molecule has 0 bridgehead atoms. The van der Waals surface area contributed by atoms with E-state index in [9.17, 15) is 9.13 Å². The minimum absolute atomic E-state index is 0.527. The lowest BCUT2D eigenvalue weighted by Gasteiger charge is -1.85. The van der Waals surface area contributed by atoms with E-state index in [1.165, 1.54) is 14.2 Å². The Morgan fingerprint density at radius 1 is 0.778 bits per heavy atom. The quantitative estimate of drug-likeness (QED) is 0.444. The molecule has 8 heteroatoms. The second-order valence-corrected chi connectivity index (χ2v) is 5.33. The van der Waals surface area contributed by atoms with Gasteiger partial charge in [-0.25, -0.2) is 0 Å². The van der Waals surface area contributed by atoms with Crippen LogP contribution in [0.4, 0.5) is 0 Å². The Morgan fingerprint density at radius 2 is 1.11 bits per heavy atom. The number of unbranched alkanes of at least 4 members (excludes halogenated alkanes) is 2. The molecule has 108 valence electrons. The smallest absolute Gasteiger partial charge is 0.122 e. The molecule has 6 nitrogen and oxygen atoms in total. The molecule has 0 rings (SSSR count). The molecule has 0 heterocycles. The monoisotopic (exact) mass is 302 g/mol. The Labute approximate surface area is 111 Å². The zero-order valence-corrected chi connectivity index (χ0v) is 13.4. The molecule has 0 fully saturated rings. The normalized spacial score (nSPS) is 11.6. The van der Waals surface area contributed by atoms with Gasteiger partial charge >= 0.3 is 16.5 Å². The van der Waals surface area contributed by atoms with Crippen molar-refractivity contribution < 1.29 is 27.2 Å². The van der Waals surface area contributed by atoms with Crippen molar-refractivity contribution in [1.82, 2.24) is 0 Å². The van der Waals surface area contributed by atoms with Gasteiger partial charge in [0.1, 0.15) is 13.2 Å². The lowest BCUT2D eigenvalue weighted by atomic mass is 10.4. The summed E-state index contributed by atoms with van der Waals surface area (Å²) in [6, 6.07) is 0. The maximum absolute atomic E-state index is 10.4. The maximum atomic E-state index is 10.4. The average Bonchev–Trinajstić information content (AvgIpc) is 2.39. The van der Waals surface area contributed by atoms with Crippen LogP contribution in [0.5, 0.6) is 0 Å². The lowest BCUT2D eigenvalue weighted by molar-refractivity contribution is 0.252. The summed E-state index contributed by atoms with van der Waals surface area (Å²) >= 11 is 0. The van der Waals surface area contributed by atoms with E-state index in [1.54, 1.807) is 0 Å². The predicted octanol–water partition coefficient (Wildman–Crippen LogP) is 4.21. The molecule has 0 aromatic heterocycles. The van der Waals surface area contributed by atoms with Gasteiger partial charge in [0.25, 0.3) is 0 Å². The van der Waals surface area contributed by atoms with Crippen LogP contribution in [0.25, 0.3) is 0 Å². The molecule has 0 spiro atoms. The first-order valence-corrected chi connectivity index (χ1v) is 8.09. The van der Waals surface area contributed by atoms with Crippen molar-refractivity contribution in [2.45, 2.75) is 39.5 Å². The van der Waals surface area contributed by atoms with Gasteiger partial charge in [-0.3, -0.25) is 0 Å². The van der Waals surface area contributed by atoms with Gasteiger partial charge in [-0.15, -0.1) is 18.1 Å². The lowest BCUT2D eigenvalue weighted by Crippen LogP contribution is -1.84. The first-order chi connectivity index (χ1) is 8.62. The average molecular weight is 302 g/mol. The van der Waals surface area contributed by atoms with E-state index >= 15 is 0 Å². The molecular weight excluding hydrogens is 278 g/mol. The highest BCUT2D eigenvalue weighted by atomic mass is 31.1. The summed E-state index contributed by atoms with van der Waals surface area (Å²) in [4.78, 5) is 0. The van der Waals surface area contributed by atoms with Gasteiger partial charge in [-0.05, 0) is 12.8 Å². The Morgan fingerprint density at radius 3 is 1.33 bits per heavy atom. The van der Waals surface area contributed by atoms with Crippen molar-refractivity contribution in [1.29, 1.82) is 0 Å². The molecular formula is C10H24O6P2+2. The second kappa shape index (κ2) is 17.0. The SMILES string of the molecule is CCCCO[P+](=O)OC.CCCCO[P+](=O)OC. The minimum atomic E-state index is -1.84. The number of rotatable bonds is 10. The molecule has 0 aromatic carbocycles. The predicted molar refractivity (Wildman–Crippen MR) is 71.0 cm³/mol. The van der Waals surface area contributed by atoms with Crippen LogP contribution >= 0.6 is 16.5 Å². The molecule has 0 saturated heterocycles. The highest BCUT2D eigenvalue weighted by Crippen LogP contribution is 2.22. The standard InChI is InChI=1S/2C5H12O3P/c2*1-3-4-5-8-9(6)7-2/h2*3-5H2,1-2H3/q2*+1. The summed E-state index contributed by atoms with van der Waals surface area (Å²) in [5.41, 5.74) is 0. The van der Waals surface area contributed by atoms with E-state index in [1.807, 2.05) is 13.8 Å². The van der Waals surface area contributed by atoms with E-state index < -0.39 is 16.5 Å². The van der Waals surface area contributed by atoms with Gasteiger partial charge in [-0.2, -0.15) is 0 Å². The highest BCUT2D eigenvalue weighted by molar-refractivity contribution is 7.33. The molecule has 0 aromatic rings. The van der Waals surface area contributed by atoms with Crippen molar-refractivity contribution in [3.8, 4) is 0 Å². The van der Waals surface area contributed by atoms with E-state index in [0.717, 1.165) is 25.7 Å². The summed E-state index contributed by atoms with van der Waals surface area (Å²) in [5.74, 6) is 0. The Balaban J connectivity index is 0. The van der Waals surface area contributed by atoms with Crippen molar-refractivity contribution in [2.75, 3.05) is 27.4 Å². The fourth-order valence-electron chi connectivity index (χ4n) is 0.672. The van der Waals surface area contributed by atoms with Crippen molar-refractivity contribution in [3.63, 3.8) is 0 Å². The van der Waals surface area contributed by atoms with E-state index in [0.29, 0.717) is 13.2 Å². The summed E-state index contributed by atoms with van der Waals surface area (Å²) < 4.78 is 39.0. The third-order valence-electron chi connectivity index (χ3n) is 1.69. The van der Waals surface area contributed by atoms with Crippen LogP contribution in [0, 0.1) is 0 Å².